The Bertz CT molecular complexity index is 2830. The molecule has 0 fully saturated rings. The molecule has 0 amide bonds. The standard InChI is InChI=1S/C48H30BNO2/c1-3-15-33(16-4-1)50(34-17-5-2-6-18-34)42-30-46-47(39-23-12-11-22-38(39)42)49-41-27-26-32(29-45(41)51-43-24-13-25-44(52-46)48(43)49)40-28-31-14-7-8-19-35(31)36-20-9-10-21-37(36)40/h1-30H. The van der Waals surface area contributed by atoms with Crippen LogP contribution in [0.2, 0.25) is 0 Å². The first kappa shape index (κ1) is 29.0. The maximum Gasteiger partial charge on any atom is 0.261 e. The van der Waals surface area contributed by atoms with Gasteiger partial charge in [0.1, 0.15) is 23.0 Å². The summed E-state index contributed by atoms with van der Waals surface area (Å²) in [4.78, 5) is 2.33. The summed E-state index contributed by atoms with van der Waals surface area (Å²) in [6.07, 6.45) is 0. The van der Waals surface area contributed by atoms with E-state index in [9.17, 15) is 0 Å². The van der Waals surface area contributed by atoms with E-state index in [0.717, 1.165) is 72.8 Å². The number of hydrogen-bond donors (Lipinski definition) is 0. The lowest BCUT2D eigenvalue weighted by molar-refractivity contribution is 0.465. The van der Waals surface area contributed by atoms with Crippen molar-refractivity contribution < 1.29 is 9.47 Å². The minimum atomic E-state index is -0.0676. The van der Waals surface area contributed by atoms with Crippen LogP contribution in [-0.4, -0.2) is 6.71 Å². The molecule has 0 aliphatic carbocycles. The molecule has 0 radical (unpaired) electrons. The van der Waals surface area contributed by atoms with Crippen molar-refractivity contribution in [3.8, 4) is 34.1 Å². The van der Waals surface area contributed by atoms with Crippen LogP contribution in [0.15, 0.2) is 182 Å². The maximum absolute atomic E-state index is 6.89. The van der Waals surface area contributed by atoms with Crippen LogP contribution in [0.5, 0.6) is 23.0 Å². The quantitative estimate of drug-likeness (QED) is 0.138. The largest absolute Gasteiger partial charge is 0.458 e. The summed E-state index contributed by atoms with van der Waals surface area (Å²) in [5.74, 6) is 3.40. The molecule has 2 aliphatic rings. The van der Waals surface area contributed by atoms with Gasteiger partial charge in [-0.3, -0.25) is 0 Å². The molecule has 9 aromatic carbocycles. The third-order valence-electron chi connectivity index (χ3n) is 10.7. The monoisotopic (exact) mass is 663 g/mol. The highest BCUT2D eigenvalue weighted by molar-refractivity contribution is 6.99. The lowest BCUT2D eigenvalue weighted by atomic mass is 9.34. The molecule has 52 heavy (non-hydrogen) atoms. The molecule has 3 nitrogen and oxygen atoms in total. The van der Waals surface area contributed by atoms with Crippen molar-refractivity contribution in [1.82, 2.24) is 0 Å². The fourth-order valence-corrected chi connectivity index (χ4v) is 8.50. The van der Waals surface area contributed by atoms with Crippen LogP contribution in [-0.2, 0) is 0 Å². The Labute approximate surface area is 302 Å². The van der Waals surface area contributed by atoms with Gasteiger partial charge in [-0.1, -0.05) is 127 Å². The molecule has 9 aromatic rings. The molecule has 0 saturated heterocycles. The fourth-order valence-electron chi connectivity index (χ4n) is 8.50. The molecule has 0 aromatic heterocycles. The highest BCUT2D eigenvalue weighted by Gasteiger charge is 2.41. The summed E-state index contributed by atoms with van der Waals surface area (Å²) >= 11 is 0. The van der Waals surface area contributed by atoms with Gasteiger partial charge in [-0.2, -0.15) is 0 Å². The molecule has 0 bridgehead atoms. The summed E-state index contributed by atoms with van der Waals surface area (Å²) in [5.41, 5.74) is 8.95. The zero-order valence-electron chi connectivity index (χ0n) is 28.2. The van der Waals surface area contributed by atoms with Gasteiger partial charge >= 0.3 is 0 Å². The molecule has 0 N–H and O–H groups in total. The molecule has 0 unspecified atom stereocenters. The molecule has 2 aliphatic heterocycles. The molecular weight excluding hydrogens is 633 g/mol. The first-order valence-corrected chi connectivity index (χ1v) is 17.8. The zero-order valence-corrected chi connectivity index (χ0v) is 28.2. The normalized spacial score (nSPS) is 12.5. The molecule has 4 heteroatoms. The first-order valence-electron chi connectivity index (χ1n) is 17.8. The molecule has 2 heterocycles. The van der Waals surface area contributed by atoms with Gasteiger partial charge in [-0.05, 0) is 97.5 Å². The van der Waals surface area contributed by atoms with E-state index in [1.165, 1.54) is 27.1 Å². The maximum atomic E-state index is 6.89. The van der Waals surface area contributed by atoms with E-state index in [2.05, 4.69) is 181 Å². The van der Waals surface area contributed by atoms with Gasteiger partial charge in [-0.25, -0.2) is 0 Å². The van der Waals surface area contributed by atoms with Crippen LogP contribution in [0.25, 0.3) is 43.4 Å². The van der Waals surface area contributed by atoms with Gasteiger partial charge in [0.25, 0.3) is 6.71 Å². The molecule has 242 valence electrons. The van der Waals surface area contributed by atoms with Crippen molar-refractivity contribution in [3.63, 3.8) is 0 Å². The second-order valence-electron chi connectivity index (χ2n) is 13.6. The van der Waals surface area contributed by atoms with Gasteiger partial charge in [-0.15, -0.1) is 0 Å². The van der Waals surface area contributed by atoms with Crippen molar-refractivity contribution in [2.75, 3.05) is 4.90 Å². The highest BCUT2D eigenvalue weighted by Crippen LogP contribution is 2.44. The Morgan fingerprint density at radius 2 is 0.981 bits per heavy atom. The van der Waals surface area contributed by atoms with Crippen LogP contribution < -0.4 is 30.8 Å². The predicted octanol–water partition coefficient (Wildman–Crippen LogP) is 11.0. The van der Waals surface area contributed by atoms with Crippen LogP contribution in [0.4, 0.5) is 17.1 Å². The van der Waals surface area contributed by atoms with E-state index in [0.29, 0.717) is 0 Å². The van der Waals surface area contributed by atoms with Crippen LogP contribution in [0, 0.1) is 0 Å². The Balaban J connectivity index is 1.14. The van der Waals surface area contributed by atoms with E-state index < -0.39 is 0 Å². The third kappa shape index (κ3) is 4.34. The Morgan fingerprint density at radius 1 is 0.385 bits per heavy atom. The van der Waals surface area contributed by atoms with Gasteiger partial charge in [0.05, 0.1) is 5.69 Å². The average Bonchev–Trinajstić information content (AvgIpc) is 3.21. The second kappa shape index (κ2) is 11.4. The van der Waals surface area contributed by atoms with Crippen molar-refractivity contribution in [1.29, 1.82) is 0 Å². The minimum Gasteiger partial charge on any atom is -0.458 e. The number of benzene rings is 9. The van der Waals surface area contributed by atoms with Crippen molar-refractivity contribution in [3.05, 3.63) is 182 Å². The summed E-state index contributed by atoms with van der Waals surface area (Å²) in [7, 11) is 0. The third-order valence-corrected chi connectivity index (χ3v) is 10.7. The smallest absolute Gasteiger partial charge is 0.261 e. The Kier molecular flexibility index (Phi) is 6.35. The average molecular weight is 664 g/mol. The first-order chi connectivity index (χ1) is 25.8. The zero-order chi connectivity index (χ0) is 34.2. The number of hydrogen-bond acceptors (Lipinski definition) is 3. The summed E-state index contributed by atoms with van der Waals surface area (Å²) in [6.45, 7) is -0.0676. The fraction of sp³-hybridized carbons (Fsp3) is 0. The minimum absolute atomic E-state index is 0.0676. The summed E-state index contributed by atoms with van der Waals surface area (Å²) in [6, 6.07) is 64.7. The molecule has 11 rings (SSSR count). The van der Waals surface area contributed by atoms with Gasteiger partial charge in [0, 0.05) is 28.3 Å². The lowest BCUT2D eigenvalue weighted by Gasteiger charge is -2.35. The molecule has 0 atom stereocenters. The van der Waals surface area contributed by atoms with Crippen LogP contribution in [0.3, 0.4) is 0 Å². The van der Waals surface area contributed by atoms with Crippen LogP contribution in [0.1, 0.15) is 0 Å². The lowest BCUT2D eigenvalue weighted by Crippen LogP contribution is -2.57. The number of rotatable bonds is 4. The second-order valence-corrected chi connectivity index (χ2v) is 13.6. The van der Waals surface area contributed by atoms with Crippen molar-refractivity contribution in [2.45, 2.75) is 0 Å². The van der Waals surface area contributed by atoms with Crippen molar-refractivity contribution >= 4 is 72.5 Å². The Morgan fingerprint density at radius 3 is 1.71 bits per heavy atom. The molecular formula is C48H30BNO2. The Hall–Kier alpha value is -6.78. The van der Waals surface area contributed by atoms with Gasteiger partial charge in [0.2, 0.25) is 0 Å². The number of ether oxygens (including phenoxy) is 2. The van der Waals surface area contributed by atoms with E-state index in [-0.39, 0.29) is 6.71 Å². The number of para-hydroxylation sites is 2. The topological polar surface area (TPSA) is 21.7 Å². The molecule has 0 spiro atoms. The van der Waals surface area contributed by atoms with E-state index in [1.807, 2.05) is 6.07 Å². The SMILES string of the molecule is c1ccc(N(c2ccccc2)c2cc3c(c4ccccc24)B2c4ccc(-c5cc6ccccc6c6ccccc56)cc4Oc4cccc(c42)O3)cc1. The van der Waals surface area contributed by atoms with Gasteiger partial charge < -0.3 is 14.4 Å². The number of anilines is 3. The molecule has 0 saturated carbocycles. The van der Waals surface area contributed by atoms with E-state index in [4.69, 9.17) is 9.47 Å². The highest BCUT2D eigenvalue weighted by atomic mass is 16.5. The number of nitrogens with zero attached hydrogens (tertiary/aromatic N) is 1. The predicted molar refractivity (Wildman–Crippen MR) is 217 cm³/mol. The van der Waals surface area contributed by atoms with Crippen LogP contribution >= 0.6 is 0 Å². The van der Waals surface area contributed by atoms with E-state index in [1.54, 1.807) is 0 Å². The van der Waals surface area contributed by atoms with Gasteiger partial charge in [0.15, 0.2) is 0 Å². The summed E-state index contributed by atoms with van der Waals surface area (Å²) < 4.78 is 13.7. The van der Waals surface area contributed by atoms with E-state index >= 15 is 0 Å². The van der Waals surface area contributed by atoms with Crippen molar-refractivity contribution in [2.24, 2.45) is 0 Å². The summed E-state index contributed by atoms with van der Waals surface area (Å²) in [5, 5.41) is 7.30. The number of fused-ring (bicyclic) bond motifs is 9.